The highest BCUT2D eigenvalue weighted by atomic mass is 19.1. The van der Waals surface area contributed by atoms with Gasteiger partial charge in [-0.25, -0.2) is 4.39 Å². The first kappa shape index (κ1) is 13.4. The van der Waals surface area contributed by atoms with Gasteiger partial charge in [0.25, 0.3) is 5.91 Å². The third-order valence-corrected chi connectivity index (χ3v) is 3.17. The number of carbonyl (C=O) groups excluding carboxylic acids is 1. The van der Waals surface area contributed by atoms with E-state index in [1.807, 2.05) is 20.8 Å². The Morgan fingerprint density at radius 2 is 1.75 bits per heavy atom. The van der Waals surface area contributed by atoms with Gasteiger partial charge in [0.05, 0.1) is 6.54 Å². The minimum absolute atomic E-state index is 0.102. The smallest absolute Gasteiger partial charge is 0.254 e. The van der Waals surface area contributed by atoms with Gasteiger partial charge in [-0.3, -0.25) is 4.79 Å². The summed E-state index contributed by atoms with van der Waals surface area (Å²) < 4.78 is 13.8. The molecule has 1 aliphatic rings. The normalized spacial score (nSPS) is 27.3. The average Bonchev–Trinajstić information content (AvgIpc) is 2.43. The van der Waals surface area contributed by atoms with Crippen LogP contribution < -0.4 is 0 Å². The molecule has 1 amide bonds. The van der Waals surface area contributed by atoms with E-state index >= 15 is 0 Å². The molecule has 0 aliphatic carbocycles. The Morgan fingerprint density at radius 3 is 2.06 bits per heavy atom. The van der Waals surface area contributed by atoms with Gasteiger partial charge in [-0.2, -0.15) is 0 Å². The highest BCUT2D eigenvalue weighted by molar-refractivity contribution is 5.84. The summed E-state index contributed by atoms with van der Waals surface area (Å²) in [7, 11) is 0. The topological polar surface area (TPSA) is 40.5 Å². The van der Waals surface area contributed by atoms with Crippen LogP contribution in [0.1, 0.15) is 34.6 Å². The zero-order valence-corrected chi connectivity index (χ0v) is 10.7. The molecule has 1 fully saturated rings. The summed E-state index contributed by atoms with van der Waals surface area (Å²) in [6.45, 7) is 9.30. The number of carbonyl (C=O) groups is 1. The second-order valence-corrected chi connectivity index (χ2v) is 6.26. The molecular weight excluding hydrogens is 209 g/mol. The Bertz CT molecular complexity index is 278. The molecule has 1 aliphatic heterocycles. The lowest BCUT2D eigenvalue weighted by Crippen LogP contribution is -2.44. The molecule has 3 nitrogen and oxygen atoms in total. The van der Waals surface area contributed by atoms with Crippen molar-refractivity contribution in [3.63, 3.8) is 0 Å². The Morgan fingerprint density at radius 1 is 1.25 bits per heavy atom. The molecule has 1 rings (SSSR count). The zero-order chi connectivity index (χ0) is 12.7. The maximum Gasteiger partial charge on any atom is 0.254 e. The number of hydrogen-bond donors (Lipinski definition) is 1. The Kier molecular flexibility index (Phi) is 3.34. The van der Waals surface area contributed by atoms with Crippen LogP contribution in [0.2, 0.25) is 0 Å². The number of rotatable bonds is 1. The fraction of sp³-hybridized carbons (Fsp3) is 0.917. The first-order valence-corrected chi connectivity index (χ1v) is 5.69. The standard InChI is InChI=1S/C12H22FNO2/c1-11(2,3)8-6-14(7-9(8)13)10(15)12(4,5)16/h8-9,16H,6-7H2,1-5H3. The van der Waals surface area contributed by atoms with Crippen molar-refractivity contribution in [2.45, 2.75) is 46.4 Å². The van der Waals surface area contributed by atoms with Crippen LogP contribution in [0.25, 0.3) is 0 Å². The molecule has 0 radical (unpaired) electrons. The maximum absolute atomic E-state index is 13.8. The Labute approximate surface area is 96.6 Å². The van der Waals surface area contributed by atoms with Crippen molar-refractivity contribution in [1.29, 1.82) is 0 Å². The van der Waals surface area contributed by atoms with E-state index in [4.69, 9.17) is 0 Å². The molecule has 1 heterocycles. The monoisotopic (exact) mass is 231 g/mol. The van der Waals surface area contributed by atoms with Gasteiger partial charge in [-0.15, -0.1) is 0 Å². The minimum atomic E-state index is -1.41. The van der Waals surface area contributed by atoms with Crippen LogP contribution in [-0.2, 0) is 4.79 Å². The van der Waals surface area contributed by atoms with E-state index in [1.165, 1.54) is 18.7 Å². The van der Waals surface area contributed by atoms with E-state index in [0.29, 0.717) is 6.54 Å². The van der Waals surface area contributed by atoms with E-state index in [2.05, 4.69) is 0 Å². The molecule has 1 N–H and O–H groups in total. The van der Waals surface area contributed by atoms with Crippen molar-refractivity contribution in [2.24, 2.45) is 11.3 Å². The molecule has 0 bridgehead atoms. The van der Waals surface area contributed by atoms with Crippen LogP contribution in [0.3, 0.4) is 0 Å². The number of likely N-dealkylation sites (tertiary alicyclic amines) is 1. The van der Waals surface area contributed by atoms with Gasteiger partial charge in [0.15, 0.2) is 0 Å². The fourth-order valence-corrected chi connectivity index (χ4v) is 2.13. The highest BCUT2D eigenvalue weighted by Gasteiger charge is 2.44. The van der Waals surface area contributed by atoms with Crippen LogP contribution in [0.15, 0.2) is 0 Å². The van der Waals surface area contributed by atoms with Gasteiger partial charge in [0.2, 0.25) is 0 Å². The van der Waals surface area contributed by atoms with Gasteiger partial charge in [0.1, 0.15) is 11.8 Å². The minimum Gasteiger partial charge on any atom is -0.381 e. The van der Waals surface area contributed by atoms with E-state index < -0.39 is 11.8 Å². The lowest BCUT2D eigenvalue weighted by Gasteiger charge is -2.29. The van der Waals surface area contributed by atoms with Crippen LogP contribution >= 0.6 is 0 Å². The predicted octanol–water partition coefficient (Wildman–Crippen LogP) is 1.60. The molecule has 16 heavy (non-hydrogen) atoms. The zero-order valence-electron chi connectivity index (χ0n) is 10.7. The summed E-state index contributed by atoms with van der Waals surface area (Å²) in [4.78, 5) is 13.2. The molecule has 0 aromatic carbocycles. The van der Waals surface area contributed by atoms with Crippen molar-refractivity contribution < 1.29 is 14.3 Å². The Hall–Kier alpha value is -0.640. The number of hydrogen-bond acceptors (Lipinski definition) is 2. The van der Waals surface area contributed by atoms with Gasteiger partial charge < -0.3 is 10.0 Å². The van der Waals surface area contributed by atoms with E-state index in [-0.39, 0.29) is 23.8 Å². The summed E-state index contributed by atoms with van der Waals surface area (Å²) in [5, 5.41) is 9.61. The molecule has 0 aromatic rings. The first-order chi connectivity index (χ1) is 7.03. The van der Waals surface area contributed by atoms with Crippen molar-refractivity contribution in [2.75, 3.05) is 13.1 Å². The van der Waals surface area contributed by atoms with Crippen molar-refractivity contribution in [3.8, 4) is 0 Å². The van der Waals surface area contributed by atoms with Crippen LogP contribution in [0, 0.1) is 11.3 Å². The van der Waals surface area contributed by atoms with E-state index in [0.717, 1.165) is 0 Å². The molecular formula is C12H22FNO2. The number of aliphatic hydroxyl groups is 1. The molecule has 0 spiro atoms. The van der Waals surface area contributed by atoms with E-state index in [9.17, 15) is 14.3 Å². The van der Waals surface area contributed by atoms with Crippen molar-refractivity contribution in [1.82, 2.24) is 4.90 Å². The van der Waals surface area contributed by atoms with Gasteiger partial charge in [-0.05, 0) is 19.3 Å². The van der Waals surface area contributed by atoms with Crippen molar-refractivity contribution in [3.05, 3.63) is 0 Å². The summed E-state index contributed by atoms with van der Waals surface area (Å²) >= 11 is 0. The third-order valence-electron chi connectivity index (χ3n) is 3.17. The molecule has 2 atom stereocenters. The average molecular weight is 231 g/mol. The van der Waals surface area contributed by atoms with Crippen LogP contribution in [-0.4, -0.2) is 40.8 Å². The molecule has 0 aromatic heterocycles. The van der Waals surface area contributed by atoms with Gasteiger partial charge >= 0.3 is 0 Å². The quantitative estimate of drug-likeness (QED) is 0.744. The number of alkyl halides is 1. The lowest BCUT2D eigenvalue weighted by atomic mass is 9.79. The molecule has 94 valence electrons. The summed E-state index contributed by atoms with van der Waals surface area (Å²) in [5.41, 5.74) is -1.57. The van der Waals surface area contributed by atoms with Gasteiger partial charge in [-0.1, -0.05) is 20.8 Å². The van der Waals surface area contributed by atoms with Crippen LogP contribution in [0.5, 0.6) is 0 Å². The van der Waals surface area contributed by atoms with E-state index in [1.54, 1.807) is 0 Å². The van der Waals surface area contributed by atoms with Gasteiger partial charge in [0, 0.05) is 12.5 Å². The first-order valence-electron chi connectivity index (χ1n) is 5.69. The molecule has 1 saturated heterocycles. The summed E-state index contributed by atoms with van der Waals surface area (Å²) in [5.74, 6) is -0.541. The largest absolute Gasteiger partial charge is 0.381 e. The highest BCUT2D eigenvalue weighted by Crippen LogP contribution is 2.36. The molecule has 2 unspecified atom stereocenters. The Balaban J connectivity index is 2.75. The third kappa shape index (κ3) is 2.73. The second-order valence-electron chi connectivity index (χ2n) is 6.26. The van der Waals surface area contributed by atoms with Crippen molar-refractivity contribution >= 4 is 5.91 Å². The number of halogens is 1. The lowest BCUT2D eigenvalue weighted by molar-refractivity contribution is -0.147. The maximum atomic E-state index is 13.8. The summed E-state index contributed by atoms with van der Waals surface area (Å²) in [6, 6.07) is 0. The molecule has 0 saturated carbocycles. The summed E-state index contributed by atoms with van der Waals surface area (Å²) in [6.07, 6.45) is -0.994. The number of nitrogens with zero attached hydrogens (tertiary/aromatic N) is 1. The fourth-order valence-electron chi connectivity index (χ4n) is 2.13. The molecule has 4 heteroatoms. The SMILES string of the molecule is CC(C)(O)C(=O)N1CC(F)C(C(C)(C)C)C1. The van der Waals surface area contributed by atoms with Crippen LogP contribution in [0.4, 0.5) is 4.39 Å². The number of amides is 1. The predicted molar refractivity (Wildman–Crippen MR) is 60.7 cm³/mol. The second kappa shape index (κ2) is 3.99.